The number of hydrogen-bond donors (Lipinski definition) is 2. The summed E-state index contributed by atoms with van der Waals surface area (Å²) in [7, 11) is 0. The lowest BCUT2D eigenvalue weighted by Gasteiger charge is -2.45. The first kappa shape index (κ1) is 27.4. The minimum Gasteiger partial charge on any atom is -0.481 e. The van der Waals surface area contributed by atoms with Gasteiger partial charge in [0.25, 0.3) is 11.6 Å². The lowest BCUT2D eigenvalue weighted by Crippen LogP contribution is -2.55. The number of carbonyl (C=O) groups excluding carboxylic acids is 6. The third kappa shape index (κ3) is 8.79. The molecule has 35 heavy (non-hydrogen) atoms. The number of rotatable bonds is 2. The summed E-state index contributed by atoms with van der Waals surface area (Å²) in [6.07, 6.45) is 0.787. The summed E-state index contributed by atoms with van der Waals surface area (Å²) in [4.78, 5) is 85.1. The minimum absolute atomic E-state index is 0.116. The Balaban J connectivity index is 0.000000237. The van der Waals surface area contributed by atoms with Crippen LogP contribution in [0.1, 0.15) is 70.6 Å². The van der Waals surface area contributed by atoms with Crippen molar-refractivity contribution in [1.29, 1.82) is 0 Å². The monoisotopic (exact) mass is 500 g/mol. The molecule has 0 atom stereocenters. The van der Waals surface area contributed by atoms with E-state index in [1.807, 2.05) is 0 Å². The Morgan fingerprint density at radius 3 is 1.03 bits per heavy atom. The molecule has 2 saturated heterocycles. The fourth-order valence-corrected chi connectivity index (χ4v) is 3.61. The molecule has 4 aliphatic rings. The van der Waals surface area contributed by atoms with Crippen LogP contribution >= 0.6 is 0 Å². The Kier molecular flexibility index (Phi) is 9.03. The molecule has 4 fully saturated rings. The summed E-state index contributed by atoms with van der Waals surface area (Å²) in [5.41, 5.74) is 0. The van der Waals surface area contributed by atoms with Crippen LogP contribution in [-0.4, -0.2) is 69.2 Å². The molecule has 0 radical (unpaired) electrons. The standard InChI is InChI=1S/C12H12O8.C6H8O2.C3H4O4/c13-7-5-8(14)18-11(17-7)1-2-12(4-3-11)19-9(15)6-10(16)20-12;7-5-1-2-6(8)4-3-5;4-2(5)1-3(6)7/h1-6H2;1-4H2;1H2,(H,4,5)(H,6,7). The van der Waals surface area contributed by atoms with E-state index >= 15 is 0 Å². The Bertz CT molecular complexity index is 802. The first-order valence-electron chi connectivity index (χ1n) is 10.7. The van der Waals surface area contributed by atoms with Crippen molar-refractivity contribution in [2.45, 2.75) is 82.2 Å². The number of carbonyl (C=O) groups is 8. The van der Waals surface area contributed by atoms with E-state index in [2.05, 4.69) is 0 Å². The number of esters is 4. The predicted octanol–water partition coefficient (Wildman–Crippen LogP) is 0.177. The molecule has 14 nitrogen and oxygen atoms in total. The van der Waals surface area contributed by atoms with Gasteiger partial charge in [-0.05, 0) is 0 Å². The lowest BCUT2D eigenvalue weighted by molar-refractivity contribution is -0.298. The normalized spacial score (nSPS) is 22.3. The van der Waals surface area contributed by atoms with Gasteiger partial charge >= 0.3 is 35.8 Å². The van der Waals surface area contributed by atoms with Gasteiger partial charge in [-0.15, -0.1) is 0 Å². The number of Topliss-reactive ketones (excluding diaryl/α,β-unsaturated/α-hetero) is 2. The maximum atomic E-state index is 11.3. The van der Waals surface area contributed by atoms with Gasteiger partial charge in [0.2, 0.25) is 0 Å². The number of ketones is 2. The summed E-state index contributed by atoms with van der Waals surface area (Å²) in [5, 5.41) is 15.4. The second-order valence-corrected chi connectivity index (χ2v) is 8.11. The molecular weight excluding hydrogens is 476 g/mol. The van der Waals surface area contributed by atoms with E-state index in [4.69, 9.17) is 29.2 Å². The van der Waals surface area contributed by atoms with Gasteiger partial charge in [0.15, 0.2) is 0 Å². The zero-order valence-corrected chi connectivity index (χ0v) is 18.6. The highest BCUT2D eigenvalue weighted by Gasteiger charge is 2.55. The van der Waals surface area contributed by atoms with E-state index in [1.165, 1.54) is 0 Å². The first-order chi connectivity index (χ1) is 16.3. The summed E-state index contributed by atoms with van der Waals surface area (Å²) in [5.74, 6) is -7.37. The van der Waals surface area contributed by atoms with Gasteiger partial charge < -0.3 is 29.2 Å². The zero-order valence-electron chi connectivity index (χ0n) is 18.6. The third-order valence-electron chi connectivity index (χ3n) is 5.22. The second kappa shape index (κ2) is 11.5. The Morgan fingerprint density at radius 2 is 0.829 bits per heavy atom. The van der Waals surface area contributed by atoms with E-state index in [0.29, 0.717) is 25.7 Å². The van der Waals surface area contributed by atoms with Crippen LogP contribution in [0.3, 0.4) is 0 Å². The van der Waals surface area contributed by atoms with Crippen molar-refractivity contribution in [2.24, 2.45) is 0 Å². The summed E-state index contributed by atoms with van der Waals surface area (Å²) in [6, 6.07) is 0. The highest BCUT2D eigenvalue weighted by atomic mass is 16.8. The quantitative estimate of drug-likeness (QED) is 0.382. The molecule has 0 bridgehead atoms. The van der Waals surface area contributed by atoms with Crippen molar-refractivity contribution >= 4 is 47.4 Å². The number of carboxylic acids is 2. The maximum Gasteiger partial charge on any atom is 0.320 e. The van der Waals surface area contributed by atoms with Crippen LogP contribution in [0.25, 0.3) is 0 Å². The number of ether oxygens (including phenoxy) is 4. The molecule has 14 heteroatoms. The van der Waals surface area contributed by atoms with Crippen LogP contribution in [0.15, 0.2) is 0 Å². The minimum atomic E-state index is -1.33. The fourth-order valence-electron chi connectivity index (χ4n) is 3.61. The van der Waals surface area contributed by atoms with Gasteiger partial charge in [-0.25, -0.2) is 0 Å². The summed E-state index contributed by atoms with van der Waals surface area (Å²) < 4.78 is 20.4. The van der Waals surface area contributed by atoms with Gasteiger partial charge in [-0.1, -0.05) is 0 Å². The predicted molar refractivity (Wildman–Crippen MR) is 106 cm³/mol. The van der Waals surface area contributed by atoms with Crippen LogP contribution in [0.4, 0.5) is 0 Å². The van der Waals surface area contributed by atoms with Crippen molar-refractivity contribution < 1.29 is 67.5 Å². The van der Waals surface area contributed by atoms with Crippen molar-refractivity contribution in [3.63, 3.8) is 0 Å². The van der Waals surface area contributed by atoms with E-state index in [0.717, 1.165) is 0 Å². The Hall–Kier alpha value is -3.84. The molecule has 2 aliphatic carbocycles. The molecule has 2 saturated carbocycles. The third-order valence-corrected chi connectivity index (χ3v) is 5.22. The van der Waals surface area contributed by atoms with Crippen LogP contribution in [0.2, 0.25) is 0 Å². The highest BCUT2D eigenvalue weighted by Crippen LogP contribution is 2.43. The van der Waals surface area contributed by atoms with Crippen LogP contribution < -0.4 is 0 Å². The number of hydrogen-bond acceptors (Lipinski definition) is 12. The average Bonchev–Trinajstić information content (AvgIpc) is 2.71. The second-order valence-electron chi connectivity index (χ2n) is 8.11. The van der Waals surface area contributed by atoms with Crippen LogP contribution in [0.5, 0.6) is 0 Å². The molecule has 2 aliphatic heterocycles. The van der Waals surface area contributed by atoms with E-state index in [-0.39, 0.29) is 37.2 Å². The smallest absolute Gasteiger partial charge is 0.320 e. The van der Waals surface area contributed by atoms with Crippen molar-refractivity contribution in [3.05, 3.63) is 0 Å². The number of aliphatic carboxylic acids is 2. The molecule has 2 heterocycles. The molecule has 192 valence electrons. The average molecular weight is 500 g/mol. The molecule has 0 amide bonds. The van der Waals surface area contributed by atoms with Crippen LogP contribution in [0, 0.1) is 0 Å². The molecular formula is C21H24O14. The fraction of sp³-hybridized carbons (Fsp3) is 0.619. The molecule has 0 aromatic heterocycles. The molecule has 0 unspecified atom stereocenters. The topological polar surface area (TPSA) is 214 Å². The summed E-state index contributed by atoms with van der Waals surface area (Å²) >= 11 is 0. The van der Waals surface area contributed by atoms with Gasteiger partial charge in [-0.3, -0.25) is 38.4 Å². The molecule has 4 rings (SSSR count). The SMILES string of the molecule is O=C(O)CC(=O)O.O=C1CC(=O)OC2(CCC3(CC2)OC(=O)CC(=O)O3)O1.O=C1CCC(=O)CC1. The molecule has 2 spiro atoms. The van der Waals surface area contributed by atoms with Gasteiger partial charge in [0.1, 0.15) is 30.8 Å². The van der Waals surface area contributed by atoms with E-state index in [9.17, 15) is 38.4 Å². The van der Waals surface area contributed by atoms with Gasteiger partial charge in [-0.2, -0.15) is 0 Å². The van der Waals surface area contributed by atoms with E-state index < -0.39 is 66.7 Å². The largest absolute Gasteiger partial charge is 0.481 e. The van der Waals surface area contributed by atoms with Crippen molar-refractivity contribution in [1.82, 2.24) is 0 Å². The molecule has 0 aromatic carbocycles. The van der Waals surface area contributed by atoms with Gasteiger partial charge in [0.05, 0.1) is 0 Å². The maximum absolute atomic E-state index is 11.3. The highest BCUT2D eigenvalue weighted by molar-refractivity contribution is 5.94. The lowest BCUT2D eigenvalue weighted by atomic mass is 9.87. The van der Waals surface area contributed by atoms with Crippen molar-refractivity contribution in [2.75, 3.05) is 0 Å². The van der Waals surface area contributed by atoms with Crippen LogP contribution in [-0.2, 0) is 57.3 Å². The summed E-state index contributed by atoms with van der Waals surface area (Å²) in [6.45, 7) is 0. The van der Waals surface area contributed by atoms with Crippen molar-refractivity contribution in [3.8, 4) is 0 Å². The Morgan fingerprint density at radius 1 is 0.571 bits per heavy atom. The Labute approximate surface area is 197 Å². The molecule has 2 N–H and O–H groups in total. The van der Waals surface area contributed by atoms with E-state index in [1.54, 1.807) is 0 Å². The first-order valence-corrected chi connectivity index (χ1v) is 10.7. The zero-order chi connectivity index (χ0) is 26.2. The van der Waals surface area contributed by atoms with Gasteiger partial charge in [0, 0.05) is 51.4 Å². The molecule has 0 aromatic rings. The number of carboxylic acid groups (broad SMARTS) is 2.